The van der Waals surface area contributed by atoms with Crippen LogP contribution in [-0.2, 0) is 14.8 Å². The van der Waals surface area contributed by atoms with Gasteiger partial charge in [0.1, 0.15) is 4.21 Å². The Labute approximate surface area is 122 Å². The van der Waals surface area contributed by atoms with Crippen molar-refractivity contribution in [2.45, 2.75) is 10.3 Å². The summed E-state index contributed by atoms with van der Waals surface area (Å²) in [6.45, 7) is 1.19. The largest absolute Gasteiger partial charge is 0.371 e. The quantitative estimate of drug-likeness (QED) is 0.875. The molecule has 0 radical (unpaired) electrons. The molecule has 2 aromatic rings. The summed E-state index contributed by atoms with van der Waals surface area (Å²) in [6, 6.07) is 13.1. The molecule has 0 saturated carbocycles. The fourth-order valence-corrected chi connectivity index (χ4v) is 4.82. The molecule has 1 fully saturated rings. The summed E-state index contributed by atoms with van der Waals surface area (Å²) < 4.78 is 32.6. The van der Waals surface area contributed by atoms with Crippen LogP contribution in [0.25, 0.3) is 0 Å². The molecule has 0 amide bonds. The summed E-state index contributed by atoms with van der Waals surface area (Å²) in [5, 5.41) is 1.78. The Bertz CT molecular complexity index is 653. The van der Waals surface area contributed by atoms with Crippen LogP contribution in [0.15, 0.2) is 52.1 Å². The first kappa shape index (κ1) is 13.8. The lowest BCUT2D eigenvalue weighted by Crippen LogP contribution is -2.41. The summed E-state index contributed by atoms with van der Waals surface area (Å²) >= 11 is 1.25. The number of ether oxygens (including phenoxy) is 1. The van der Waals surface area contributed by atoms with Crippen LogP contribution in [0.4, 0.5) is 0 Å². The van der Waals surface area contributed by atoms with Gasteiger partial charge in [-0.25, -0.2) is 8.42 Å². The monoisotopic (exact) mass is 309 g/mol. The van der Waals surface area contributed by atoms with Gasteiger partial charge in [-0.05, 0) is 17.0 Å². The number of hydrogen-bond acceptors (Lipinski definition) is 4. The Morgan fingerprint density at radius 1 is 1.15 bits per heavy atom. The summed E-state index contributed by atoms with van der Waals surface area (Å²) in [5.41, 5.74) is 1.01. The lowest BCUT2D eigenvalue weighted by atomic mass is 10.1. The van der Waals surface area contributed by atoms with Crippen molar-refractivity contribution >= 4 is 21.4 Å². The van der Waals surface area contributed by atoms with Crippen LogP contribution in [0.2, 0.25) is 0 Å². The zero-order chi connectivity index (χ0) is 14.0. The molecule has 1 saturated heterocycles. The highest BCUT2D eigenvalue weighted by molar-refractivity contribution is 7.91. The molecule has 6 heteroatoms. The highest BCUT2D eigenvalue weighted by Gasteiger charge is 2.31. The molecule has 1 aliphatic rings. The minimum Gasteiger partial charge on any atom is -0.371 e. The van der Waals surface area contributed by atoms with E-state index in [-0.39, 0.29) is 6.10 Å². The van der Waals surface area contributed by atoms with E-state index in [2.05, 4.69) is 0 Å². The maximum absolute atomic E-state index is 12.5. The van der Waals surface area contributed by atoms with Gasteiger partial charge in [-0.15, -0.1) is 11.3 Å². The fraction of sp³-hybridized carbons (Fsp3) is 0.286. The first-order valence-corrected chi connectivity index (χ1v) is 8.70. The molecule has 1 aliphatic heterocycles. The van der Waals surface area contributed by atoms with E-state index in [1.54, 1.807) is 17.5 Å². The van der Waals surface area contributed by atoms with E-state index in [1.807, 2.05) is 30.3 Å². The van der Waals surface area contributed by atoms with E-state index < -0.39 is 10.0 Å². The number of morpholine rings is 1. The first-order valence-electron chi connectivity index (χ1n) is 6.38. The van der Waals surface area contributed by atoms with Crippen molar-refractivity contribution in [2.24, 2.45) is 0 Å². The predicted octanol–water partition coefficient (Wildman–Crippen LogP) is 2.51. The molecule has 1 aromatic heterocycles. The van der Waals surface area contributed by atoms with Crippen molar-refractivity contribution in [1.29, 1.82) is 0 Å². The van der Waals surface area contributed by atoms with Crippen molar-refractivity contribution in [1.82, 2.24) is 4.31 Å². The maximum Gasteiger partial charge on any atom is 0.252 e. The summed E-state index contributed by atoms with van der Waals surface area (Å²) in [6.07, 6.45) is -0.195. The Balaban J connectivity index is 1.83. The number of sulfonamides is 1. The van der Waals surface area contributed by atoms with E-state index in [4.69, 9.17) is 4.74 Å². The Kier molecular flexibility index (Phi) is 3.89. The zero-order valence-corrected chi connectivity index (χ0v) is 12.4. The van der Waals surface area contributed by atoms with Gasteiger partial charge in [-0.3, -0.25) is 0 Å². The van der Waals surface area contributed by atoms with Gasteiger partial charge in [0.15, 0.2) is 0 Å². The van der Waals surface area contributed by atoms with Gasteiger partial charge in [0, 0.05) is 13.1 Å². The SMILES string of the molecule is O=S(=O)(c1cccs1)N1CCOC(c2ccccc2)C1. The molecule has 0 aliphatic carbocycles. The maximum atomic E-state index is 12.5. The van der Waals surface area contributed by atoms with Crippen LogP contribution in [0.3, 0.4) is 0 Å². The molecular formula is C14H15NO3S2. The minimum absolute atomic E-state index is 0.195. The molecule has 1 atom stereocenters. The molecule has 106 valence electrons. The van der Waals surface area contributed by atoms with Crippen molar-refractivity contribution in [2.75, 3.05) is 19.7 Å². The topological polar surface area (TPSA) is 46.6 Å². The van der Waals surface area contributed by atoms with Gasteiger partial charge < -0.3 is 4.74 Å². The van der Waals surface area contributed by atoms with E-state index >= 15 is 0 Å². The fourth-order valence-electron chi connectivity index (χ4n) is 2.25. The third kappa shape index (κ3) is 2.64. The van der Waals surface area contributed by atoms with Gasteiger partial charge in [-0.1, -0.05) is 36.4 Å². The van der Waals surface area contributed by atoms with Crippen molar-refractivity contribution < 1.29 is 13.2 Å². The van der Waals surface area contributed by atoms with Gasteiger partial charge in [0.25, 0.3) is 10.0 Å². The second-order valence-electron chi connectivity index (χ2n) is 4.57. The second kappa shape index (κ2) is 5.65. The second-order valence-corrected chi connectivity index (χ2v) is 7.68. The van der Waals surface area contributed by atoms with Crippen LogP contribution >= 0.6 is 11.3 Å². The van der Waals surface area contributed by atoms with E-state index in [1.165, 1.54) is 15.6 Å². The zero-order valence-electron chi connectivity index (χ0n) is 10.8. The molecule has 0 bridgehead atoms. The number of benzene rings is 1. The van der Waals surface area contributed by atoms with Crippen LogP contribution < -0.4 is 0 Å². The summed E-state index contributed by atoms with van der Waals surface area (Å²) in [7, 11) is -3.39. The lowest BCUT2D eigenvalue weighted by Gasteiger charge is -2.32. The lowest BCUT2D eigenvalue weighted by molar-refractivity contribution is -0.00249. The molecule has 3 rings (SSSR count). The van der Waals surface area contributed by atoms with Crippen molar-refractivity contribution in [3.8, 4) is 0 Å². The highest BCUT2D eigenvalue weighted by atomic mass is 32.2. The highest BCUT2D eigenvalue weighted by Crippen LogP contribution is 2.27. The average Bonchev–Trinajstić information content (AvgIpc) is 3.03. The smallest absolute Gasteiger partial charge is 0.252 e. The van der Waals surface area contributed by atoms with E-state index in [9.17, 15) is 8.42 Å². The van der Waals surface area contributed by atoms with Crippen LogP contribution in [0.5, 0.6) is 0 Å². The van der Waals surface area contributed by atoms with Gasteiger partial charge in [0.2, 0.25) is 0 Å². The molecule has 0 spiro atoms. The van der Waals surface area contributed by atoms with E-state index in [0.717, 1.165) is 5.56 Å². The number of thiophene rings is 1. The molecular weight excluding hydrogens is 294 g/mol. The molecule has 20 heavy (non-hydrogen) atoms. The number of nitrogens with zero attached hydrogens (tertiary/aromatic N) is 1. The van der Waals surface area contributed by atoms with Gasteiger partial charge in [-0.2, -0.15) is 4.31 Å². The summed E-state index contributed by atoms with van der Waals surface area (Å²) in [4.78, 5) is 0. The van der Waals surface area contributed by atoms with Crippen molar-refractivity contribution in [3.05, 3.63) is 53.4 Å². The molecule has 4 nitrogen and oxygen atoms in total. The average molecular weight is 309 g/mol. The normalized spacial score (nSPS) is 20.9. The van der Waals surface area contributed by atoms with Gasteiger partial charge in [0.05, 0.1) is 12.7 Å². The molecule has 1 unspecified atom stereocenters. The molecule has 1 aromatic carbocycles. The third-order valence-corrected chi connectivity index (χ3v) is 6.53. The van der Waals surface area contributed by atoms with Crippen LogP contribution in [-0.4, -0.2) is 32.4 Å². The predicted molar refractivity (Wildman–Crippen MR) is 78.2 cm³/mol. The third-order valence-electron chi connectivity index (χ3n) is 3.29. The number of hydrogen-bond donors (Lipinski definition) is 0. The Morgan fingerprint density at radius 2 is 1.95 bits per heavy atom. The van der Waals surface area contributed by atoms with Crippen molar-refractivity contribution in [3.63, 3.8) is 0 Å². The van der Waals surface area contributed by atoms with E-state index in [0.29, 0.717) is 23.9 Å². The van der Waals surface area contributed by atoms with Gasteiger partial charge >= 0.3 is 0 Å². The Morgan fingerprint density at radius 3 is 2.65 bits per heavy atom. The minimum atomic E-state index is -3.39. The Hall–Kier alpha value is -1.21. The molecule has 2 heterocycles. The standard InChI is InChI=1S/C14H15NO3S2/c16-20(17,14-7-4-10-19-14)15-8-9-18-13(11-15)12-5-2-1-3-6-12/h1-7,10,13H,8-9,11H2. The number of rotatable bonds is 3. The first-order chi connectivity index (χ1) is 9.68. The summed E-state index contributed by atoms with van der Waals surface area (Å²) in [5.74, 6) is 0. The van der Waals surface area contributed by atoms with Crippen LogP contribution in [0.1, 0.15) is 11.7 Å². The van der Waals surface area contributed by atoms with Crippen LogP contribution in [0, 0.1) is 0 Å². The molecule has 0 N–H and O–H groups in total.